The second kappa shape index (κ2) is 8.30. The van der Waals surface area contributed by atoms with Gasteiger partial charge >= 0.3 is 0 Å². The average molecular weight is 340 g/mol. The number of carbonyl (C=O) groups is 1. The van der Waals surface area contributed by atoms with Crippen molar-refractivity contribution >= 4 is 11.6 Å². The number of hydrogen-bond donors (Lipinski definition) is 1. The Morgan fingerprint density at radius 2 is 2.20 bits per heavy atom. The van der Waals surface area contributed by atoms with Crippen molar-refractivity contribution in [1.82, 2.24) is 14.5 Å². The number of para-hydroxylation sites is 1. The zero-order chi connectivity index (χ0) is 17.6. The van der Waals surface area contributed by atoms with Crippen LogP contribution in [0.1, 0.15) is 30.7 Å². The van der Waals surface area contributed by atoms with Crippen LogP contribution < -0.4 is 5.32 Å². The number of amides is 1. The van der Waals surface area contributed by atoms with Crippen molar-refractivity contribution in [1.29, 1.82) is 0 Å². The van der Waals surface area contributed by atoms with Crippen LogP contribution in [0.25, 0.3) is 0 Å². The summed E-state index contributed by atoms with van der Waals surface area (Å²) in [6.07, 6.45) is 7.89. The standard InChI is InChI=1S/C20H28N4O/c1-16-6-3-4-8-18(16)22-20(25)9-12-24-11-5-7-17(15-24)14-19-21-10-13-23(19)2/h3-4,6,8,10,13,17H,5,7,9,11-12,14-15H2,1-2H3,(H,22,25)/t17-/m0/s1. The molecule has 0 bridgehead atoms. The average Bonchev–Trinajstić information content (AvgIpc) is 3.00. The second-order valence-corrected chi connectivity index (χ2v) is 7.08. The van der Waals surface area contributed by atoms with Crippen molar-refractivity contribution in [2.45, 2.75) is 32.6 Å². The van der Waals surface area contributed by atoms with E-state index in [1.165, 1.54) is 12.8 Å². The zero-order valence-corrected chi connectivity index (χ0v) is 15.2. The smallest absolute Gasteiger partial charge is 0.225 e. The summed E-state index contributed by atoms with van der Waals surface area (Å²) in [5.74, 6) is 1.89. The highest BCUT2D eigenvalue weighted by Gasteiger charge is 2.21. The summed E-state index contributed by atoms with van der Waals surface area (Å²) in [4.78, 5) is 19.1. The molecule has 2 heterocycles. The van der Waals surface area contributed by atoms with Crippen molar-refractivity contribution in [3.05, 3.63) is 48.0 Å². The molecule has 5 nitrogen and oxygen atoms in total. The Hall–Kier alpha value is -2.14. The molecule has 1 amide bonds. The van der Waals surface area contributed by atoms with Crippen molar-refractivity contribution in [3.63, 3.8) is 0 Å². The number of imidazole rings is 1. The van der Waals surface area contributed by atoms with Gasteiger partial charge in [0.2, 0.25) is 5.91 Å². The highest BCUT2D eigenvalue weighted by Crippen LogP contribution is 2.20. The summed E-state index contributed by atoms with van der Waals surface area (Å²) >= 11 is 0. The summed E-state index contributed by atoms with van der Waals surface area (Å²) < 4.78 is 2.11. The van der Waals surface area contributed by atoms with Gasteiger partial charge in [-0.25, -0.2) is 4.98 Å². The van der Waals surface area contributed by atoms with Gasteiger partial charge in [0, 0.05) is 51.1 Å². The molecule has 0 aliphatic carbocycles. The number of nitrogens with zero attached hydrogens (tertiary/aromatic N) is 3. The van der Waals surface area contributed by atoms with Crippen LogP contribution in [0.15, 0.2) is 36.7 Å². The molecule has 0 radical (unpaired) electrons. The van der Waals surface area contributed by atoms with Crippen LogP contribution in [0.4, 0.5) is 5.69 Å². The number of aryl methyl sites for hydroxylation is 2. The van der Waals surface area contributed by atoms with E-state index in [-0.39, 0.29) is 5.91 Å². The minimum atomic E-state index is 0.0977. The Kier molecular flexibility index (Phi) is 5.87. The molecule has 0 spiro atoms. The van der Waals surface area contributed by atoms with Gasteiger partial charge < -0.3 is 14.8 Å². The molecule has 134 valence electrons. The quantitative estimate of drug-likeness (QED) is 0.879. The molecule has 1 atom stereocenters. The molecule has 1 aliphatic heterocycles. The predicted octanol–water partition coefficient (Wildman–Crippen LogP) is 3.01. The number of anilines is 1. The van der Waals surface area contributed by atoms with Crippen molar-refractivity contribution in [2.24, 2.45) is 13.0 Å². The van der Waals surface area contributed by atoms with E-state index in [1.54, 1.807) is 0 Å². The summed E-state index contributed by atoms with van der Waals surface area (Å²) in [7, 11) is 2.05. The fourth-order valence-electron chi connectivity index (χ4n) is 3.56. The van der Waals surface area contributed by atoms with E-state index in [0.29, 0.717) is 12.3 Å². The highest BCUT2D eigenvalue weighted by atomic mass is 16.1. The second-order valence-electron chi connectivity index (χ2n) is 7.08. The molecule has 0 unspecified atom stereocenters. The van der Waals surface area contributed by atoms with E-state index in [9.17, 15) is 4.79 Å². The van der Waals surface area contributed by atoms with Crippen LogP contribution in [0.2, 0.25) is 0 Å². The molecule has 1 aromatic heterocycles. The molecular weight excluding hydrogens is 312 g/mol. The van der Waals surface area contributed by atoms with Crippen LogP contribution in [0, 0.1) is 12.8 Å². The van der Waals surface area contributed by atoms with E-state index in [4.69, 9.17) is 0 Å². The fraction of sp³-hybridized carbons (Fsp3) is 0.500. The van der Waals surface area contributed by atoms with Gasteiger partial charge in [-0.3, -0.25) is 4.79 Å². The third kappa shape index (κ3) is 4.92. The van der Waals surface area contributed by atoms with Crippen LogP contribution in [0.5, 0.6) is 0 Å². The van der Waals surface area contributed by atoms with E-state index in [0.717, 1.165) is 43.1 Å². The predicted molar refractivity (Wildman–Crippen MR) is 101 cm³/mol. The molecule has 1 aromatic carbocycles. The largest absolute Gasteiger partial charge is 0.338 e. The number of nitrogens with one attached hydrogen (secondary N) is 1. The van der Waals surface area contributed by atoms with Crippen molar-refractivity contribution in [3.8, 4) is 0 Å². The minimum absolute atomic E-state index is 0.0977. The topological polar surface area (TPSA) is 50.2 Å². The van der Waals surface area contributed by atoms with Crippen molar-refractivity contribution in [2.75, 3.05) is 25.0 Å². The first kappa shape index (κ1) is 17.7. The van der Waals surface area contributed by atoms with Gasteiger partial charge in [-0.1, -0.05) is 18.2 Å². The van der Waals surface area contributed by atoms with E-state index >= 15 is 0 Å². The van der Waals surface area contributed by atoms with Gasteiger partial charge in [0.25, 0.3) is 0 Å². The molecular formula is C20H28N4O. The Labute approximate surface area is 150 Å². The molecule has 1 N–H and O–H groups in total. The first-order chi connectivity index (χ1) is 12.1. The number of carbonyl (C=O) groups excluding carboxylic acids is 1. The van der Waals surface area contributed by atoms with Crippen LogP contribution in [0.3, 0.4) is 0 Å². The van der Waals surface area contributed by atoms with Crippen LogP contribution >= 0.6 is 0 Å². The van der Waals surface area contributed by atoms with Gasteiger partial charge in [0.1, 0.15) is 5.82 Å². The summed E-state index contributed by atoms with van der Waals surface area (Å²) in [5, 5.41) is 3.03. The molecule has 5 heteroatoms. The zero-order valence-electron chi connectivity index (χ0n) is 15.2. The Bertz CT molecular complexity index is 709. The van der Waals surface area contributed by atoms with Crippen LogP contribution in [-0.2, 0) is 18.3 Å². The number of rotatable bonds is 6. The maximum atomic E-state index is 12.2. The van der Waals surface area contributed by atoms with Gasteiger partial charge in [-0.2, -0.15) is 0 Å². The summed E-state index contributed by atoms with van der Waals surface area (Å²) in [5.41, 5.74) is 2.02. The van der Waals surface area contributed by atoms with Gasteiger partial charge in [0.15, 0.2) is 0 Å². The SMILES string of the molecule is Cc1ccccc1NC(=O)CCN1CCC[C@@H](Cc2nccn2C)C1. The van der Waals surface area contributed by atoms with E-state index < -0.39 is 0 Å². The van der Waals surface area contributed by atoms with Crippen molar-refractivity contribution < 1.29 is 4.79 Å². The number of benzene rings is 1. The third-order valence-electron chi connectivity index (χ3n) is 5.07. The molecule has 1 fully saturated rings. The monoisotopic (exact) mass is 340 g/mol. The Balaban J connectivity index is 1.45. The lowest BCUT2D eigenvalue weighted by Crippen LogP contribution is -2.38. The number of piperidine rings is 1. The Morgan fingerprint density at radius 3 is 2.96 bits per heavy atom. The lowest BCUT2D eigenvalue weighted by molar-refractivity contribution is -0.116. The minimum Gasteiger partial charge on any atom is -0.338 e. The van der Waals surface area contributed by atoms with Gasteiger partial charge in [-0.15, -0.1) is 0 Å². The normalized spacial score (nSPS) is 18.2. The first-order valence-corrected chi connectivity index (χ1v) is 9.16. The summed E-state index contributed by atoms with van der Waals surface area (Å²) in [6.45, 7) is 5.00. The molecule has 25 heavy (non-hydrogen) atoms. The fourth-order valence-corrected chi connectivity index (χ4v) is 3.56. The van der Waals surface area contributed by atoms with E-state index in [1.807, 2.05) is 43.6 Å². The maximum absolute atomic E-state index is 12.2. The lowest BCUT2D eigenvalue weighted by atomic mass is 9.94. The van der Waals surface area contributed by atoms with E-state index in [2.05, 4.69) is 26.8 Å². The molecule has 0 saturated carbocycles. The molecule has 2 aromatic rings. The number of likely N-dealkylation sites (tertiary alicyclic amines) is 1. The summed E-state index contributed by atoms with van der Waals surface area (Å²) in [6, 6.07) is 7.91. The molecule has 3 rings (SSSR count). The molecule has 1 aliphatic rings. The number of aromatic nitrogens is 2. The Morgan fingerprint density at radius 1 is 1.36 bits per heavy atom. The van der Waals surface area contributed by atoms with Gasteiger partial charge in [0.05, 0.1) is 0 Å². The molecule has 1 saturated heterocycles. The van der Waals surface area contributed by atoms with Gasteiger partial charge in [-0.05, 0) is 43.9 Å². The third-order valence-corrected chi connectivity index (χ3v) is 5.07. The first-order valence-electron chi connectivity index (χ1n) is 9.16. The lowest BCUT2D eigenvalue weighted by Gasteiger charge is -2.32. The van der Waals surface area contributed by atoms with Crippen LogP contribution in [-0.4, -0.2) is 40.0 Å². The number of hydrogen-bond acceptors (Lipinski definition) is 3. The maximum Gasteiger partial charge on any atom is 0.225 e. The highest BCUT2D eigenvalue weighted by molar-refractivity contribution is 5.91.